The number of hydrogen-bond donors (Lipinski definition) is 0. The van der Waals surface area contributed by atoms with Crippen molar-refractivity contribution in [2.45, 2.75) is 12.6 Å². The van der Waals surface area contributed by atoms with E-state index in [4.69, 9.17) is 10.00 Å². The maximum atomic E-state index is 8.78. The molecule has 0 bridgehead atoms. The molecule has 1 aromatic heterocycles. The molecule has 0 aliphatic carbocycles. The quantitative estimate of drug-likeness (QED) is 0.837. The highest BCUT2D eigenvalue weighted by atomic mass is 79.9. The van der Waals surface area contributed by atoms with E-state index in [-0.39, 0.29) is 6.10 Å². The molecular formula is C10H11BrN2OS. The van der Waals surface area contributed by atoms with E-state index < -0.39 is 0 Å². The summed E-state index contributed by atoms with van der Waals surface area (Å²) in [5, 5.41) is 10.9. The number of morpholine rings is 1. The van der Waals surface area contributed by atoms with Crippen LogP contribution in [0.3, 0.4) is 0 Å². The Balaban J connectivity index is 1.95. The van der Waals surface area contributed by atoms with Gasteiger partial charge in [-0.25, -0.2) is 0 Å². The Bertz CT molecular complexity index is 374. The number of rotatable bonds is 2. The summed E-state index contributed by atoms with van der Waals surface area (Å²) in [4.78, 5) is 3.57. The Kier molecular flexibility index (Phi) is 3.76. The standard InChI is InChI=1S/C10H11BrN2OS/c11-9-1-4-15-10(9)7-13-2-3-14-8(5-12)6-13/h1,4,8H,2-3,6-7H2. The van der Waals surface area contributed by atoms with Gasteiger partial charge in [-0.1, -0.05) is 0 Å². The lowest BCUT2D eigenvalue weighted by Gasteiger charge is -2.29. The summed E-state index contributed by atoms with van der Waals surface area (Å²) < 4.78 is 6.46. The molecule has 2 heterocycles. The van der Waals surface area contributed by atoms with Crippen LogP contribution in [0.15, 0.2) is 15.9 Å². The first-order valence-electron chi connectivity index (χ1n) is 4.75. The van der Waals surface area contributed by atoms with Crippen LogP contribution in [0.4, 0.5) is 0 Å². The molecule has 1 aliphatic rings. The van der Waals surface area contributed by atoms with Gasteiger partial charge in [-0.2, -0.15) is 5.26 Å². The molecule has 5 heteroatoms. The first kappa shape index (κ1) is 11.1. The molecule has 1 saturated heterocycles. The van der Waals surface area contributed by atoms with Crippen LogP contribution >= 0.6 is 27.3 Å². The molecule has 0 radical (unpaired) electrons. The van der Waals surface area contributed by atoms with E-state index >= 15 is 0 Å². The van der Waals surface area contributed by atoms with E-state index in [0.717, 1.165) is 17.6 Å². The van der Waals surface area contributed by atoms with Gasteiger partial charge in [-0.15, -0.1) is 11.3 Å². The first-order valence-corrected chi connectivity index (χ1v) is 6.42. The Labute approximate surface area is 101 Å². The molecule has 0 amide bonds. The van der Waals surface area contributed by atoms with Gasteiger partial charge < -0.3 is 4.74 Å². The normalized spacial score (nSPS) is 22.5. The number of thiophene rings is 1. The van der Waals surface area contributed by atoms with Crippen molar-refractivity contribution in [1.82, 2.24) is 4.90 Å². The summed E-state index contributed by atoms with van der Waals surface area (Å²) >= 11 is 5.25. The average molecular weight is 287 g/mol. The van der Waals surface area contributed by atoms with Crippen molar-refractivity contribution in [2.24, 2.45) is 0 Å². The first-order chi connectivity index (χ1) is 7.29. The number of hydrogen-bond acceptors (Lipinski definition) is 4. The number of nitrogens with zero attached hydrogens (tertiary/aromatic N) is 2. The molecular weight excluding hydrogens is 276 g/mol. The van der Waals surface area contributed by atoms with Crippen molar-refractivity contribution in [3.05, 3.63) is 20.8 Å². The second-order valence-electron chi connectivity index (χ2n) is 3.42. The summed E-state index contributed by atoms with van der Waals surface area (Å²) in [7, 11) is 0. The Morgan fingerprint density at radius 1 is 1.73 bits per heavy atom. The molecule has 15 heavy (non-hydrogen) atoms. The lowest BCUT2D eigenvalue weighted by atomic mass is 10.3. The van der Waals surface area contributed by atoms with Crippen LogP contribution in [-0.4, -0.2) is 30.7 Å². The monoisotopic (exact) mass is 286 g/mol. The number of halogens is 1. The summed E-state index contributed by atoms with van der Waals surface area (Å²) in [6.07, 6.45) is -0.266. The maximum absolute atomic E-state index is 8.78. The number of ether oxygens (including phenoxy) is 1. The molecule has 1 atom stereocenters. The molecule has 0 saturated carbocycles. The zero-order valence-electron chi connectivity index (χ0n) is 8.15. The smallest absolute Gasteiger partial charge is 0.156 e. The minimum Gasteiger partial charge on any atom is -0.361 e. The average Bonchev–Trinajstić information content (AvgIpc) is 2.65. The van der Waals surface area contributed by atoms with Crippen LogP contribution in [0.5, 0.6) is 0 Å². The van der Waals surface area contributed by atoms with Crippen LogP contribution in [0, 0.1) is 11.3 Å². The Hall–Kier alpha value is -0.410. The third kappa shape index (κ3) is 2.79. The second-order valence-corrected chi connectivity index (χ2v) is 5.27. The molecule has 0 N–H and O–H groups in total. The van der Waals surface area contributed by atoms with Crippen LogP contribution in [0.1, 0.15) is 4.88 Å². The molecule has 0 spiro atoms. The number of nitriles is 1. The van der Waals surface area contributed by atoms with Gasteiger partial charge >= 0.3 is 0 Å². The van der Waals surface area contributed by atoms with E-state index in [0.29, 0.717) is 13.2 Å². The molecule has 1 aliphatic heterocycles. The van der Waals surface area contributed by atoms with Crippen molar-refractivity contribution in [2.75, 3.05) is 19.7 Å². The predicted molar refractivity (Wildman–Crippen MR) is 62.6 cm³/mol. The maximum Gasteiger partial charge on any atom is 0.156 e. The molecule has 1 aromatic rings. The van der Waals surface area contributed by atoms with Crippen LogP contribution in [-0.2, 0) is 11.3 Å². The summed E-state index contributed by atoms with van der Waals surface area (Å²) in [6, 6.07) is 4.21. The topological polar surface area (TPSA) is 36.3 Å². The molecule has 0 aromatic carbocycles. The van der Waals surface area contributed by atoms with E-state index in [1.54, 1.807) is 11.3 Å². The van der Waals surface area contributed by atoms with Gasteiger partial charge in [0, 0.05) is 29.0 Å². The van der Waals surface area contributed by atoms with Crippen molar-refractivity contribution in [1.29, 1.82) is 5.26 Å². The lowest BCUT2D eigenvalue weighted by molar-refractivity contribution is -0.00239. The molecule has 1 fully saturated rings. The summed E-state index contributed by atoms with van der Waals surface area (Å²) in [6.45, 7) is 3.17. The van der Waals surface area contributed by atoms with Gasteiger partial charge in [0.2, 0.25) is 0 Å². The van der Waals surface area contributed by atoms with Crippen molar-refractivity contribution >= 4 is 27.3 Å². The SMILES string of the molecule is N#CC1CN(Cc2sccc2Br)CCO1. The van der Waals surface area contributed by atoms with Crippen LogP contribution in [0.2, 0.25) is 0 Å². The minimum absolute atomic E-state index is 0.266. The Morgan fingerprint density at radius 2 is 2.60 bits per heavy atom. The highest BCUT2D eigenvalue weighted by molar-refractivity contribution is 9.10. The highest BCUT2D eigenvalue weighted by Crippen LogP contribution is 2.24. The van der Waals surface area contributed by atoms with E-state index in [2.05, 4.69) is 38.3 Å². The van der Waals surface area contributed by atoms with Gasteiger partial charge in [-0.3, -0.25) is 4.90 Å². The van der Waals surface area contributed by atoms with E-state index in [1.165, 1.54) is 4.88 Å². The third-order valence-electron chi connectivity index (χ3n) is 2.35. The summed E-state index contributed by atoms with van der Waals surface area (Å²) in [5.41, 5.74) is 0. The van der Waals surface area contributed by atoms with E-state index in [9.17, 15) is 0 Å². The van der Waals surface area contributed by atoms with Crippen LogP contribution in [0.25, 0.3) is 0 Å². The lowest BCUT2D eigenvalue weighted by Crippen LogP contribution is -2.41. The van der Waals surface area contributed by atoms with Crippen molar-refractivity contribution in [3.8, 4) is 6.07 Å². The minimum atomic E-state index is -0.266. The molecule has 80 valence electrons. The predicted octanol–water partition coefficient (Wildman–Crippen LogP) is 2.23. The Morgan fingerprint density at radius 3 is 3.27 bits per heavy atom. The largest absolute Gasteiger partial charge is 0.361 e. The fourth-order valence-corrected chi connectivity index (χ4v) is 3.08. The van der Waals surface area contributed by atoms with Crippen LogP contribution < -0.4 is 0 Å². The van der Waals surface area contributed by atoms with Crippen molar-refractivity contribution in [3.63, 3.8) is 0 Å². The van der Waals surface area contributed by atoms with Gasteiger partial charge in [0.15, 0.2) is 6.10 Å². The van der Waals surface area contributed by atoms with Gasteiger partial charge in [0.25, 0.3) is 0 Å². The third-order valence-corrected chi connectivity index (χ3v) is 4.26. The van der Waals surface area contributed by atoms with Gasteiger partial charge in [0.05, 0.1) is 12.7 Å². The second kappa shape index (κ2) is 5.08. The molecule has 3 nitrogen and oxygen atoms in total. The fraction of sp³-hybridized carbons (Fsp3) is 0.500. The highest BCUT2D eigenvalue weighted by Gasteiger charge is 2.20. The zero-order valence-corrected chi connectivity index (χ0v) is 10.6. The molecule has 1 unspecified atom stereocenters. The van der Waals surface area contributed by atoms with E-state index in [1.807, 2.05) is 0 Å². The summed E-state index contributed by atoms with van der Waals surface area (Å²) in [5.74, 6) is 0. The van der Waals surface area contributed by atoms with Gasteiger partial charge in [0.1, 0.15) is 0 Å². The van der Waals surface area contributed by atoms with Gasteiger partial charge in [-0.05, 0) is 27.4 Å². The molecule has 2 rings (SSSR count). The fourth-order valence-electron chi connectivity index (χ4n) is 1.57. The zero-order chi connectivity index (χ0) is 10.7. The van der Waals surface area contributed by atoms with Crippen molar-refractivity contribution < 1.29 is 4.74 Å².